The molecule has 1 amide bonds. The predicted molar refractivity (Wildman–Crippen MR) is 56.1 cm³/mol. The zero-order valence-corrected chi connectivity index (χ0v) is 8.60. The van der Waals surface area contributed by atoms with E-state index in [1.54, 1.807) is 0 Å². The summed E-state index contributed by atoms with van der Waals surface area (Å²) in [4.78, 5) is 22.6. The number of ketones is 1. The molecular weight excluding hydrogens is 212 g/mol. The van der Waals surface area contributed by atoms with Gasteiger partial charge in [-0.05, 0) is 25.2 Å². The zero-order valence-electron chi connectivity index (χ0n) is 8.60. The van der Waals surface area contributed by atoms with E-state index in [2.05, 4.69) is 5.32 Å². The highest BCUT2D eigenvalue weighted by Crippen LogP contribution is 2.25. The summed E-state index contributed by atoms with van der Waals surface area (Å²) in [6.07, 6.45) is 0. The van der Waals surface area contributed by atoms with Crippen LogP contribution >= 0.6 is 0 Å². The lowest BCUT2D eigenvalue weighted by Crippen LogP contribution is -2.45. The van der Waals surface area contributed by atoms with Crippen LogP contribution in [-0.2, 0) is 4.79 Å². The summed E-state index contributed by atoms with van der Waals surface area (Å²) in [5.74, 6) is -2.13. The molecule has 0 heterocycles. The normalized spacial score (nSPS) is 12.1. The van der Waals surface area contributed by atoms with Crippen LogP contribution in [0.5, 0.6) is 11.5 Å². The van der Waals surface area contributed by atoms with Crippen molar-refractivity contribution < 1.29 is 19.8 Å². The molecule has 0 aliphatic heterocycles. The maximum atomic E-state index is 11.7. The summed E-state index contributed by atoms with van der Waals surface area (Å²) in [6, 6.07) is 2.38. The molecule has 6 nitrogen and oxygen atoms in total. The number of nitrogens with two attached hydrogens (primary N) is 1. The summed E-state index contributed by atoms with van der Waals surface area (Å²) in [6.45, 7) is 0. The average molecular weight is 224 g/mol. The molecule has 86 valence electrons. The van der Waals surface area contributed by atoms with Crippen molar-refractivity contribution in [3.05, 3.63) is 23.8 Å². The first-order valence-electron chi connectivity index (χ1n) is 4.50. The van der Waals surface area contributed by atoms with E-state index in [0.717, 1.165) is 12.1 Å². The van der Waals surface area contributed by atoms with Crippen molar-refractivity contribution in [2.24, 2.45) is 5.73 Å². The Labute approximate surface area is 91.7 Å². The molecule has 16 heavy (non-hydrogen) atoms. The first kappa shape index (κ1) is 12.0. The van der Waals surface area contributed by atoms with Crippen LogP contribution in [0.1, 0.15) is 10.4 Å². The van der Waals surface area contributed by atoms with Crippen molar-refractivity contribution in [2.45, 2.75) is 6.04 Å². The Bertz CT molecular complexity index is 431. The molecule has 0 fully saturated rings. The molecule has 0 unspecified atom stereocenters. The predicted octanol–water partition coefficient (Wildman–Crippen LogP) is -0.646. The Balaban J connectivity index is 3.04. The summed E-state index contributed by atoms with van der Waals surface area (Å²) in [5, 5.41) is 20.7. The minimum atomic E-state index is -1.15. The van der Waals surface area contributed by atoms with Crippen molar-refractivity contribution in [3.8, 4) is 11.5 Å². The van der Waals surface area contributed by atoms with Gasteiger partial charge in [-0.3, -0.25) is 9.59 Å². The Morgan fingerprint density at radius 1 is 1.31 bits per heavy atom. The molecule has 1 rings (SSSR count). The third-order valence-corrected chi connectivity index (χ3v) is 2.10. The monoisotopic (exact) mass is 224 g/mol. The fourth-order valence-corrected chi connectivity index (χ4v) is 1.25. The number of carbonyl (C=O) groups is 2. The minimum absolute atomic E-state index is 0.0912. The Kier molecular flexibility index (Phi) is 3.47. The van der Waals surface area contributed by atoms with Crippen LogP contribution in [0.25, 0.3) is 0 Å². The molecule has 1 atom stereocenters. The molecule has 0 bridgehead atoms. The topological polar surface area (TPSA) is 113 Å². The number of carbonyl (C=O) groups excluding carboxylic acids is 2. The van der Waals surface area contributed by atoms with E-state index in [1.807, 2.05) is 0 Å². The number of phenolic OH excluding ortho intramolecular Hbond substituents is 2. The van der Waals surface area contributed by atoms with Gasteiger partial charge in [0.2, 0.25) is 5.91 Å². The first-order valence-corrected chi connectivity index (χ1v) is 4.50. The van der Waals surface area contributed by atoms with E-state index < -0.39 is 23.5 Å². The third kappa shape index (κ3) is 2.29. The van der Waals surface area contributed by atoms with Gasteiger partial charge in [-0.1, -0.05) is 0 Å². The van der Waals surface area contributed by atoms with Crippen molar-refractivity contribution in [1.29, 1.82) is 0 Å². The van der Waals surface area contributed by atoms with Gasteiger partial charge >= 0.3 is 0 Å². The van der Waals surface area contributed by atoms with Crippen molar-refractivity contribution in [1.82, 2.24) is 5.32 Å². The van der Waals surface area contributed by atoms with E-state index in [9.17, 15) is 14.7 Å². The average Bonchev–Trinajstić information content (AvgIpc) is 2.22. The number of primary amides is 1. The van der Waals surface area contributed by atoms with Crippen molar-refractivity contribution >= 4 is 11.7 Å². The lowest BCUT2D eigenvalue weighted by molar-refractivity contribution is -0.118. The molecule has 0 saturated carbocycles. The Morgan fingerprint density at radius 3 is 2.38 bits per heavy atom. The lowest BCUT2D eigenvalue weighted by atomic mass is 10.0. The molecule has 0 spiro atoms. The molecule has 0 radical (unpaired) electrons. The van der Waals surface area contributed by atoms with Gasteiger partial charge in [0.15, 0.2) is 23.3 Å². The van der Waals surface area contributed by atoms with Gasteiger partial charge in [0.1, 0.15) is 0 Å². The Hall–Kier alpha value is -2.08. The van der Waals surface area contributed by atoms with E-state index in [1.165, 1.54) is 13.1 Å². The number of hydrogen-bond acceptors (Lipinski definition) is 5. The number of benzene rings is 1. The smallest absolute Gasteiger partial charge is 0.242 e. The molecule has 5 N–H and O–H groups in total. The van der Waals surface area contributed by atoms with Crippen LogP contribution < -0.4 is 11.1 Å². The molecule has 0 aliphatic carbocycles. The van der Waals surface area contributed by atoms with Crippen LogP contribution in [0.15, 0.2) is 18.2 Å². The van der Waals surface area contributed by atoms with Crippen LogP contribution in [0.4, 0.5) is 0 Å². The zero-order chi connectivity index (χ0) is 12.3. The van der Waals surface area contributed by atoms with E-state index in [4.69, 9.17) is 10.8 Å². The highest BCUT2D eigenvalue weighted by molar-refractivity contribution is 6.13. The first-order chi connectivity index (χ1) is 7.47. The van der Waals surface area contributed by atoms with Gasteiger partial charge < -0.3 is 21.3 Å². The van der Waals surface area contributed by atoms with Gasteiger partial charge in [0.05, 0.1) is 0 Å². The largest absolute Gasteiger partial charge is 0.504 e. The van der Waals surface area contributed by atoms with Crippen LogP contribution in [0.3, 0.4) is 0 Å². The summed E-state index contributed by atoms with van der Waals surface area (Å²) >= 11 is 0. The summed E-state index contributed by atoms with van der Waals surface area (Å²) in [7, 11) is 1.42. The summed E-state index contributed by atoms with van der Waals surface area (Å²) in [5.41, 5.74) is 5.11. The second-order valence-electron chi connectivity index (χ2n) is 3.19. The van der Waals surface area contributed by atoms with Crippen LogP contribution in [-0.4, -0.2) is 35.0 Å². The van der Waals surface area contributed by atoms with E-state index in [0.29, 0.717) is 0 Å². The fourth-order valence-electron chi connectivity index (χ4n) is 1.25. The molecule has 6 heteroatoms. The van der Waals surface area contributed by atoms with Gasteiger partial charge in [-0.15, -0.1) is 0 Å². The number of likely N-dealkylation sites (N-methyl/N-ethyl adjacent to an activating group) is 1. The van der Waals surface area contributed by atoms with E-state index >= 15 is 0 Å². The highest BCUT2D eigenvalue weighted by Gasteiger charge is 2.24. The highest BCUT2D eigenvalue weighted by atomic mass is 16.3. The number of nitrogens with one attached hydrogen (secondary N) is 1. The number of rotatable bonds is 4. The SMILES string of the molecule is CN[C@H](C(N)=O)C(=O)c1ccc(O)c(O)c1. The van der Waals surface area contributed by atoms with Crippen LogP contribution in [0, 0.1) is 0 Å². The standard InChI is InChI=1S/C10H12N2O4/c1-12-8(10(11)16)9(15)5-2-3-6(13)7(14)4-5/h2-4,8,12-14H,1H3,(H2,11,16)/t8-/m0/s1. The maximum absolute atomic E-state index is 11.7. The molecule has 1 aromatic carbocycles. The summed E-state index contributed by atoms with van der Waals surface area (Å²) < 4.78 is 0. The maximum Gasteiger partial charge on any atom is 0.242 e. The lowest BCUT2D eigenvalue weighted by Gasteiger charge is -2.11. The van der Waals surface area contributed by atoms with Gasteiger partial charge in [-0.25, -0.2) is 0 Å². The molecule has 0 saturated heterocycles. The minimum Gasteiger partial charge on any atom is -0.504 e. The number of hydrogen-bond donors (Lipinski definition) is 4. The van der Waals surface area contributed by atoms with Crippen LogP contribution in [0.2, 0.25) is 0 Å². The molecule has 0 aromatic heterocycles. The van der Waals surface area contributed by atoms with Gasteiger partial charge in [-0.2, -0.15) is 0 Å². The van der Waals surface area contributed by atoms with Crippen molar-refractivity contribution in [3.63, 3.8) is 0 Å². The second kappa shape index (κ2) is 4.63. The molecule has 0 aliphatic rings. The number of aromatic hydroxyl groups is 2. The van der Waals surface area contributed by atoms with Gasteiger partial charge in [0, 0.05) is 5.56 Å². The number of amides is 1. The number of Topliss-reactive ketones (excluding diaryl/α,β-unsaturated/α-hetero) is 1. The van der Waals surface area contributed by atoms with E-state index in [-0.39, 0.29) is 11.3 Å². The van der Waals surface area contributed by atoms with Gasteiger partial charge in [0.25, 0.3) is 0 Å². The molecular formula is C10H12N2O4. The van der Waals surface area contributed by atoms with Crippen molar-refractivity contribution in [2.75, 3.05) is 7.05 Å². The number of phenols is 2. The Morgan fingerprint density at radius 2 is 1.94 bits per heavy atom. The second-order valence-corrected chi connectivity index (χ2v) is 3.19. The molecule has 1 aromatic rings. The fraction of sp³-hybridized carbons (Fsp3) is 0.200. The quantitative estimate of drug-likeness (QED) is 0.308. The third-order valence-electron chi connectivity index (χ3n) is 2.10.